The van der Waals surface area contributed by atoms with Crippen LogP contribution in [0.5, 0.6) is 11.5 Å². The number of pyridine rings is 1. The summed E-state index contributed by atoms with van der Waals surface area (Å²) in [5.41, 5.74) is 0.998. The van der Waals surface area contributed by atoms with Crippen molar-refractivity contribution >= 4 is 11.8 Å². The van der Waals surface area contributed by atoms with Gasteiger partial charge in [0, 0.05) is 37.9 Å². The Morgan fingerprint density at radius 3 is 2.23 bits per heavy atom. The number of aromatic nitrogens is 1. The van der Waals surface area contributed by atoms with E-state index in [0.29, 0.717) is 62.1 Å². The average molecular weight is 353 g/mol. The summed E-state index contributed by atoms with van der Waals surface area (Å²) in [4.78, 5) is 32.8. The van der Waals surface area contributed by atoms with Crippen molar-refractivity contribution < 1.29 is 19.1 Å². The van der Waals surface area contributed by atoms with Gasteiger partial charge in [-0.2, -0.15) is 0 Å². The van der Waals surface area contributed by atoms with Crippen molar-refractivity contribution in [3.63, 3.8) is 0 Å². The third kappa shape index (κ3) is 3.20. The van der Waals surface area contributed by atoms with Gasteiger partial charge in [0.2, 0.25) is 0 Å². The molecule has 1 fully saturated rings. The number of nitrogens with zero attached hydrogens (tertiary/aromatic N) is 3. The highest BCUT2D eigenvalue weighted by atomic mass is 16.6. The summed E-state index contributed by atoms with van der Waals surface area (Å²) in [6.07, 6.45) is 1.61. The molecule has 134 valence electrons. The molecule has 2 aliphatic heterocycles. The zero-order chi connectivity index (χ0) is 17.9. The zero-order valence-electron chi connectivity index (χ0n) is 14.3. The molecule has 0 saturated carbocycles. The minimum absolute atomic E-state index is 0.0630. The third-order valence-corrected chi connectivity index (χ3v) is 4.53. The molecule has 0 bridgehead atoms. The number of carbonyl (C=O) groups excluding carboxylic acids is 2. The smallest absolute Gasteiger partial charge is 0.272 e. The summed E-state index contributed by atoms with van der Waals surface area (Å²) in [5, 5.41) is 0. The lowest BCUT2D eigenvalue weighted by atomic mass is 10.1. The summed E-state index contributed by atoms with van der Waals surface area (Å²) < 4.78 is 11.0. The lowest BCUT2D eigenvalue weighted by molar-refractivity contribution is 0.0532. The van der Waals surface area contributed by atoms with Crippen molar-refractivity contribution in [1.29, 1.82) is 0 Å². The molecule has 7 nitrogen and oxygen atoms in total. The normalized spacial score (nSPS) is 16.3. The Balaban J connectivity index is 1.40. The van der Waals surface area contributed by atoms with E-state index in [1.807, 2.05) is 0 Å². The number of amides is 2. The van der Waals surface area contributed by atoms with Crippen molar-refractivity contribution in [2.24, 2.45) is 0 Å². The molecule has 1 aromatic carbocycles. The van der Waals surface area contributed by atoms with Gasteiger partial charge in [0.15, 0.2) is 11.5 Å². The fourth-order valence-electron chi connectivity index (χ4n) is 3.12. The van der Waals surface area contributed by atoms with Gasteiger partial charge in [-0.05, 0) is 30.3 Å². The summed E-state index contributed by atoms with van der Waals surface area (Å²) in [6.45, 7) is 2.97. The fourth-order valence-corrected chi connectivity index (χ4v) is 3.12. The maximum atomic E-state index is 12.7. The first-order valence-electron chi connectivity index (χ1n) is 8.61. The number of ether oxygens (including phenoxy) is 2. The predicted octanol–water partition coefficient (Wildman–Crippen LogP) is 1.45. The van der Waals surface area contributed by atoms with Crippen LogP contribution in [-0.2, 0) is 0 Å². The van der Waals surface area contributed by atoms with Gasteiger partial charge in [0.1, 0.15) is 18.9 Å². The van der Waals surface area contributed by atoms with Gasteiger partial charge in [0.25, 0.3) is 11.8 Å². The Hall–Kier alpha value is -3.09. The van der Waals surface area contributed by atoms with Crippen LogP contribution in [0.2, 0.25) is 0 Å². The molecular weight excluding hydrogens is 334 g/mol. The monoisotopic (exact) mass is 353 g/mol. The molecular formula is C19H19N3O4. The molecule has 7 heteroatoms. The second kappa shape index (κ2) is 7.03. The van der Waals surface area contributed by atoms with Crippen LogP contribution in [0, 0.1) is 0 Å². The summed E-state index contributed by atoms with van der Waals surface area (Å²) in [7, 11) is 0. The van der Waals surface area contributed by atoms with Gasteiger partial charge >= 0.3 is 0 Å². The number of carbonyl (C=O) groups is 2. The Kier molecular flexibility index (Phi) is 4.43. The van der Waals surface area contributed by atoms with Crippen LogP contribution < -0.4 is 9.47 Å². The number of fused-ring (bicyclic) bond motifs is 1. The van der Waals surface area contributed by atoms with Gasteiger partial charge < -0.3 is 19.3 Å². The standard InChI is InChI=1S/C19H19N3O4/c23-18(14-4-5-16-17(13-14)26-12-11-25-16)21-7-9-22(10-8-21)19(24)15-3-1-2-6-20-15/h1-6,13H,7-12H2. The lowest BCUT2D eigenvalue weighted by Gasteiger charge is -2.34. The van der Waals surface area contributed by atoms with E-state index in [9.17, 15) is 9.59 Å². The molecule has 4 rings (SSSR count). The van der Waals surface area contributed by atoms with Crippen LogP contribution in [0.15, 0.2) is 42.6 Å². The molecule has 0 atom stereocenters. The Bertz CT molecular complexity index is 817. The molecule has 0 aliphatic carbocycles. The van der Waals surface area contributed by atoms with Gasteiger partial charge in [0.05, 0.1) is 0 Å². The first-order valence-corrected chi connectivity index (χ1v) is 8.61. The minimum Gasteiger partial charge on any atom is -0.486 e. The molecule has 26 heavy (non-hydrogen) atoms. The van der Waals surface area contributed by atoms with E-state index in [-0.39, 0.29) is 11.8 Å². The van der Waals surface area contributed by atoms with Crippen LogP contribution >= 0.6 is 0 Å². The molecule has 1 aromatic heterocycles. The van der Waals surface area contributed by atoms with Crippen LogP contribution in [0.4, 0.5) is 0 Å². The van der Waals surface area contributed by atoms with E-state index < -0.39 is 0 Å². The highest BCUT2D eigenvalue weighted by Gasteiger charge is 2.26. The number of hydrogen-bond donors (Lipinski definition) is 0. The van der Waals surface area contributed by atoms with Gasteiger partial charge in [-0.15, -0.1) is 0 Å². The maximum Gasteiger partial charge on any atom is 0.272 e. The highest BCUT2D eigenvalue weighted by molar-refractivity contribution is 5.95. The molecule has 0 radical (unpaired) electrons. The van der Waals surface area contributed by atoms with E-state index in [4.69, 9.17) is 9.47 Å². The van der Waals surface area contributed by atoms with E-state index in [1.165, 1.54) is 0 Å². The van der Waals surface area contributed by atoms with E-state index in [2.05, 4.69) is 4.98 Å². The van der Waals surface area contributed by atoms with Crippen molar-refractivity contribution in [1.82, 2.24) is 14.8 Å². The second-order valence-corrected chi connectivity index (χ2v) is 6.16. The number of rotatable bonds is 2. The Morgan fingerprint density at radius 2 is 1.54 bits per heavy atom. The fraction of sp³-hybridized carbons (Fsp3) is 0.316. The Morgan fingerprint density at radius 1 is 0.846 bits per heavy atom. The van der Waals surface area contributed by atoms with Crippen LogP contribution in [-0.4, -0.2) is 66.0 Å². The topological polar surface area (TPSA) is 72.0 Å². The highest BCUT2D eigenvalue weighted by Crippen LogP contribution is 2.31. The van der Waals surface area contributed by atoms with Crippen molar-refractivity contribution in [2.45, 2.75) is 0 Å². The number of benzene rings is 1. The predicted molar refractivity (Wildman–Crippen MR) is 93.5 cm³/mol. The second-order valence-electron chi connectivity index (χ2n) is 6.16. The molecule has 1 saturated heterocycles. The first-order chi connectivity index (χ1) is 12.7. The minimum atomic E-state index is -0.1000. The zero-order valence-corrected chi connectivity index (χ0v) is 14.3. The SMILES string of the molecule is O=C(c1ccc2c(c1)OCCO2)N1CCN(C(=O)c2ccccn2)CC1. The van der Waals surface area contributed by atoms with Crippen molar-refractivity contribution in [2.75, 3.05) is 39.4 Å². The first kappa shape index (κ1) is 16.4. The van der Waals surface area contributed by atoms with Crippen molar-refractivity contribution in [3.8, 4) is 11.5 Å². The maximum absolute atomic E-state index is 12.7. The molecule has 2 amide bonds. The molecule has 0 unspecified atom stereocenters. The van der Waals surface area contributed by atoms with Gasteiger partial charge in [-0.25, -0.2) is 0 Å². The molecule has 0 spiro atoms. The molecule has 3 heterocycles. The van der Waals surface area contributed by atoms with E-state index in [1.54, 1.807) is 52.4 Å². The van der Waals surface area contributed by atoms with Crippen LogP contribution in [0.3, 0.4) is 0 Å². The molecule has 2 aromatic rings. The molecule has 2 aliphatic rings. The number of hydrogen-bond acceptors (Lipinski definition) is 5. The van der Waals surface area contributed by atoms with E-state index >= 15 is 0 Å². The van der Waals surface area contributed by atoms with Gasteiger partial charge in [-0.1, -0.05) is 6.07 Å². The largest absolute Gasteiger partial charge is 0.486 e. The average Bonchev–Trinajstić information content (AvgIpc) is 2.73. The molecule has 0 N–H and O–H groups in total. The third-order valence-electron chi connectivity index (χ3n) is 4.53. The summed E-state index contributed by atoms with van der Waals surface area (Å²) >= 11 is 0. The summed E-state index contributed by atoms with van der Waals surface area (Å²) in [6, 6.07) is 10.5. The Labute approximate surface area is 151 Å². The summed E-state index contributed by atoms with van der Waals surface area (Å²) in [5.74, 6) is 1.11. The number of piperazine rings is 1. The quantitative estimate of drug-likeness (QED) is 0.817. The lowest BCUT2D eigenvalue weighted by Crippen LogP contribution is -2.50. The van der Waals surface area contributed by atoms with Crippen molar-refractivity contribution in [3.05, 3.63) is 53.9 Å². The van der Waals surface area contributed by atoms with Gasteiger partial charge in [-0.3, -0.25) is 14.6 Å². The van der Waals surface area contributed by atoms with Crippen LogP contribution in [0.25, 0.3) is 0 Å². The van der Waals surface area contributed by atoms with Crippen LogP contribution in [0.1, 0.15) is 20.8 Å². The van der Waals surface area contributed by atoms with E-state index in [0.717, 1.165) is 0 Å².